The van der Waals surface area contributed by atoms with E-state index in [2.05, 4.69) is 11.3 Å². The zero-order valence-electron chi connectivity index (χ0n) is 13.4. The first-order chi connectivity index (χ1) is 11.0. The molecule has 0 radical (unpaired) electrons. The molecule has 0 saturated carbocycles. The van der Waals surface area contributed by atoms with E-state index in [0.717, 1.165) is 19.3 Å². The number of esters is 2. The smallest absolute Gasteiger partial charge is 0.462 e. The Morgan fingerprint density at radius 2 is 1.42 bits per heavy atom. The van der Waals surface area contributed by atoms with Crippen molar-refractivity contribution in [1.29, 1.82) is 0 Å². The topological polar surface area (TPSA) is 107 Å². The number of carbonyl (C=O) groups excluding carboxylic acids is 2. The lowest BCUT2D eigenvalue weighted by Gasteiger charge is -2.11. The first kappa shape index (κ1) is 22.4. The van der Waals surface area contributed by atoms with Gasteiger partial charge in [-0.05, 0) is 19.8 Å². The Morgan fingerprint density at radius 3 is 1.83 bits per heavy atom. The summed E-state index contributed by atoms with van der Waals surface area (Å²) < 4.78 is 63.5. The maximum atomic E-state index is 12.8. The number of hydrogen-bond acceptors (Lipinski definition) is 6. The van der Waals surface area contributed by atoms with Gasteiger partial charge in [-0.3, -0.25) is 4.55 Å². The molecule has 0 atom stereocenters. The Hall–Kier alpha value is -1.55. The maximum Gasteiger partial charge on any atom is 0.465 e. The average molecular weight is 372 g/mol. The molecule has 0 aliphatic heterocycles. The minimum Gasteiger partial charge on any atom is -0.462 e. The van der Waals surface area contributed by atoms with E-state index in [1.165, 1.54) is 0 Å². The second kappa shape index (κ2) is 10.3. The fourth-order valence-electron chi connectivity index (χ4n) is 1.55. The maximum absolute atomic E-state index is 12.8. The van der Waals surface area contributed by atoms with Gasteiger partial charge < -0.3 is 9.47 Å². The van der Waals surface area contributed by atoms with Gasteiger partial charge in [0.05, 0.1) is 13.2 Å². The first-order valence-electron chi connectivity index (χ1n) is 7.35. The molecule has 0 aliphatic carbocycles. The molecule has 24 heavy (non-hydrogen) atoms. The molecular formula is C14H22F2O7S. The van der Waals surface area contributed by atoms with E-state index in [9.17, 15) is 26.8 Å². The van der Waals surface area contributed by atoms with E-state index in [0.29, 0.717) is 25.0 Å². The van der Waals surface area contributed by atoms with E-state index < -0.39 is 27.3 Å². The summed E-state index contributed by atoms with van der Waals surface area (Å²) in [6.45, 7) is 4.94. The van der Waals surface area contributed by atoms with Gasteiger partial charge in [-0.25, -0.2) is 9.59 Å². The average Bonchev–Trinajstić information content (AvgIpc) is 2.47. The van der Waals surface area contributed by atoms with Gasteiger partial charge in [0, 0.05) is 5.57 Å². The summed E-state index contributed by atoms with van der Waals surface area (Å²) in [5, 5.41) is -4.95. The van der Waals surface area contributed by atoms with Gasteiger partial charge in [0.1, 0.15) is 0 Å². The molecule has 0 fully saturated rings. The number of alkyl halides is 2. The predicted molar refractivity (Wildman–Crippen MR) is 80.9 cm³/mol. The Morgan fingerprint density at radius 1 is 1.00 bits per heavy atom. The number of halogens is 2. The lowest BCUT2D eigenvalue weighted by atomic mass is 10.1. The number of unbranched alkanes of at least 4 members (excludes halogenated alkanes) is 5. The van der Waals surface area contributed by atoms with Gasteiger partial charge in [-0.2, -0.15) is 17.2 Å². The highest BCUT2D eigenvalue weighted by atomic mass is 32.2. The molecule has 0 aromatic rings. The molecule has 0 saturated heterocycles. The third-order valence-electron chi connectivity index (χ3n) is 2.92. The van der Waals surface area contributed by atoms with Crippen LogP contribution < -0.4 is 0 Å². The summed E-state index contributed by atoms with van der Waals surface area (Å²) in [6.07, 6.45) is 3.95. The third kappa shape index (κ3) is 8.34. The van der Waals surface area contributed by atoms with Gasteiger partial charge in [0.2, 0.25) is 0 Å². The summed E-state index contributed by atoms with van der Waals surface area (Å²) in [6, 6.07) is 0. The highest BCUT2D eigenvalue weighted by Gasteiger charge is 2.54. The third-order valence-corrected chi connectivity index (χ3v) is 3.73. The predicted octanol–water partition coefficient (Wildman–Crippen LogP) is 2.47. The van der Waals surface area contributed by atoms with Crippen LogP contribution in [0, 0.1) is 0 Å². The standard InChI is InChI=1S/C14H22F2O7S/c1-11(2)12(17)22-9-7-5-3-4-6-8-10-23-13(18)14(15,16)24(19,20)21/h1,3-10H2,2H3,(H,19,20,21). The molecule has 0 aromatic heterocycles. The number of hydrogen-bond donors (Lipinski definition) is 1. The molecule has 0 aliphatic rings. The first-order valence-corrected chi connectivity index (χ1v) is 8.79. The van der Waals surface area contributed by atoms with Crippen LogP contribution in [0.2, 0.25) is 0 Å². The summed E-state index contributed by atoms with van der Waals surface area (Å²) in [5.74, 6) is -2.72. The van der Waals surface area contributed by atoms with Crippen LogP contribution in [0.3, 0.4) is 0 Å². The van der Waals surface area contributed by atoms with E-state index in [-0.39, 0.29) is 13.0 Å². The molecular weight excluding hydrogens is 350 g/mol. The van der Waals surface area contributed by atoms with Crippen LogP contribution in [-0.2, 0) is 29.2 Å². The van der Waals surface area contributed by atoms with Gasteiger partial charge in [0.15, 0.2) is 0 Å². The molecule has 0 rings (SSSR count). The SMILES string of the molecule is C=C(C)C(=O)OCCCCCCCCOC(=O)C(F)(F)S(=O)(=O)O. The molecule has 0 amide bonds. The summed E-state index contributed by atoms with van der Waals surface area (Å²) in [4.78, 5) is 21.9. The van der Waals surface area contributed by atoms with Crippen molar-refractivity contribution in [1.82, 2.24) is 0 Å². The Balaban J connectivity index is 3.64. The minimum atomic E-state index is -5.82. The molecule has 10 heteroatoms. The van der Waals surface area contributed by atoms with E-state index in [4.69, 9.17) is 9.29 Å². The van der Waals surface area contributed by atoms with Gasteiger partial charge in [0.25, 0.3) is 0 Å². The van der Waals surface area contributed by atoms with Crippen molar-refractivity contribution < 1.29 is 40.8 Å². The second-order valence-corrected chi connectivity index (χ2v) is 6.63. The zero-order valence-corrected chi connectivity index (χ0v) is 14.2. The Kier molecular flexibility index (Phi) is 9.67. The van der Waals surface area contributed by atoms with Crippen molar-refractivity contribution >= 4 is 22.1 Å². The van der Waals surface area contributed by atoms with E-state index >= 15 is 0 Å². The summed E-state index contributed by atoms with van der Waals surface area (Å²) in [5.41, 5.74) is 0.337. The van der Waals surface area contributed by atoms with Crippen LogP contribution >= 0.6 is 0 Å². The molecule has 7 nitrogen and oxygen atoms in total. The van der Waals surface area contributed by atoms with Gasteiger partial charge in [-0.15, -0.1) is 0 Å². The van der Waals surface area contributed by atoms with Crippen molar-refractivity contribution in [3.63, 3.8) is 0 Å². The van der Waals surface area contributed by atoms with Crippen molar-refractivity contribution in [3.8, 4) is 0 Å². The summed E-state index contributed by atoms with van der Waals surface area (Å²) >= 11 is 0. The Labute approximate surface area is 139 Å². The van der Waals surface area contributed by atoms with Crippen LogP contribution in [0.4, 0.5) is 8.78 Å². The van der Waals surface area contributed by atoms with Crippen molar-refractivity contribution in [2.75, 3.05) is 13.2 Å². The molecule has 0 aromatic carbocycles. The highest BCUT2D eigenvalue weighted by Crippen LogP contribution is 2.22. The molecule has 0 unspecified atom stereocenters. The van der Waals surface area contributed by atoms with Crippen LogP contribution in [-0.4, -0.2) is 43.4 Å². The van der Waals surface area contributed by atoms with Crippen LogP contribution in [0.5, 0.6) is 0 Å². The molecule has 140 valence electrons. The van der Waals surface area contributed by atoms with Gasteiger partial charge in [-0.1, -0.05) is 32.3 Å². The fourth-order valence-corrected chi connectivity index (χ4v) is 1.82. The largest absolute Gasteiger partial charge is 0.465 e. The number of ether oxygens (including phenoxy) is 2. The molecule has 0 bridgehead atoms. The molecule has 0 heterocycles. The van der Waals surface area contributed by atoms with Crippen molar-refractivity contribution in [2.24, 2.45) is 0 Å². The Bertz CT molecular complexity index is 543. The van der Waals surface area contributed by atoms with Crippen LogP contribution in [0.15, 0.2) is 12.2 Å². The lowest BCUT2D eigenvalue weighted by Crippen LogP contribution is -2.39. The van der Waals surface area contributed by atoms with Crippen molar-refractivity contribution in [2.45, 2.75) is 50.7 Å². The summed E-state index contributed by atoms with van der Waals surface area (Å²) in [7, 11) is -5.82. The van der Waals surface area contributed by atoms with Crippen molar-refractivity contribution in [3.05, 3.63) is 12.2 Å². The van der Waals surface area contributed by atoms with E-state index in [1.54, 1.807) is 6.92 Å². The lowest BCUT2D eigenvalue weighted by molar-refractivity contribution is -0.161. The fraction of sp³-hybridized carbons (Fsp3) is 0.714. The quantitative estimate of drug-likeness (QED) is 0.243. The van der Waals surface area contributed by atoms with Gasteiger partial charge >= 0.3 is 27.3 Å². The monoisotopic (exact) mass is 372 g/mol. The van der Waals surface area contributed by atoms with Crippen LogP contribution in [0.1, 0.15) is 45.4 Å². The number of rotatable bonds is 12. The zero-order chi connectivity index (χ0) is 18.8. The van der Waals surface area contributed by atoms with Crippen LogP contribution in [0.25, 0.3) is 0 Å². The normalized spacial score (nSPS) is 11.8. The highest BCUT2D eigenvalue weighted by molar-refractivity contribution is 7.87. The molecule has 0 spiro atoms. The van der Waals surface area contributed by atoms with E-state index in [1.807, 2.05) is 0 Å². The molecule has 1 N–H and O–H groups in total. The second-order valence-electron chi connectivity index (χ2n) is 5.17. The number of carbonyl (C=O) groups is 2. The minimum absolute atomic E-state index is 0.290.